The van der Waals surface area contributed by atoms with Crippen LogP contribution < -0.4 is 10.2 Å². The van der Waals surface area contributed by atoms with E-state index < -0.39 is 0 Å². The summed E-state index contributed by atoms with van der Waals surface area (Å²) in [4.78, 5) is 13.4. The molecule has 0 saturated carbocycles. The van der Waals surface area contributed by atoms with Gasteiger partial charge in [0.25, 0.3) is 0 Å². The van der Waals surface area contributed by atoms with Crippen molar-refractivity contribution < 1.29 is 9.90 Å². The summed E-state index contributed by atoms with van der Waals surface area (Å²) >= 11 is 0. The van der Waals surface area contributed by atoms with Gasteiger partial charge in [0.05, 0.1) is 0 Å². The van der Waals surface area contributed by atoms with Crippen molar-refractivity contribution in [1.29, 1.82) is 0 Å². The number of carbonyl (C=O) groups is 1. The molecule has 2 rings (SSSR count). The third-order valence-corrected chi connectivity index (χ3v) is 2.55. The summed E-state index contributed by atoms with van der Waals surface area (Å²) in [5, 5.41) is 12.1. The first-order valence-electron chi connectivity index (χ1n) is 5.55. The minimum atomic E-state index is -0.258. The first kappa shape index (κ1) is 12.0. The number of carbonyl (C=O) groups excluding carboxylic acids is 1. The van der Waals surface area contributed by atoms with E-state index >= 15 is 0 Å². The monoisotopic (exact) mass is 242 g/mol. The van der Waals surface area contributed by atoms with E-state index in [1.165, 1.54) is 11.0 Å². The van der Waals surface area contributed by atoms with Gasteiger partial charge in [-0.05, 0) is 24.3 Å². The fourth-order valence-corrected chi connectivity index (χ4v) is 1.55. The predicted octanol–water partition coefficient (Wildman–Crippen LogP) is 3.06. The van der Waals surface area contributed by atoms with E-state index in [0.29, 0.717) is 5.69 Å². The number of aromatic hydroxyl groups is 1. The second-order valence-electron chi connectivity index (χ2n) is 3.88. The Kier molecular flexibility index (Phi) is 3.48. The maximum absolute atomic E-state index is 12.0. The van der Waals surface area contributed by atoms with Crippen molar-refractivity contribution >= 4 is 17.4 Å². The molecule has 2 aromatic carbocycles. The van der Waals surface area contributed by atoms with E-state index in [-0.39, 0.29) is 11.8 Å². The molecule has 0 spiro atoms. The zero-order chi connectivity index (χ0) is 13.0. The van der Waals surface area contributed by atoms with Crippen molar-refractivity contribution in [2.45, 2.75) is 0 Å². The second kappa shape index (κ2) is 5.23. The highest BCUT2D eigenvalue weighted by Gasteiger charge is 2.10. The molecule has 0 radical (unpaired) electrons. The number of para-hydroxylation sites is 1. The van der Waals surface area contributed by atoms with Crippen LogP contribution in [0.2, 0.25) is 0 Å². The largest absolute Gasteiger partial charge is 0.508 e. The number of phenolic OH excluding ortho intramolecular Hbond substituents is 1. The van der Waals surface area contributed by atoms with E-state index in [1.54, 1.807) is 25.2 Å². The molecule has 2 N–H and O–H groups in total. The zero-order valence-electron chi connectivity index (χ0n) is 10.00. The highest BCUT2D eigenvalue weighted by Crippen LogP contribution is 2.19. The molecule has 0 aliphatic carbocycles. The lowest BCUT2D eigenvalue weighted by molar-refractivity contribution is 0.258. The Balaban J connectivity index is 2.10. The topological polar surface area (TPSA) is 52.6 Å². The maximum Gasteiger partial charge on any atom is 0.326 e. The van der Waals surface area contributed by atoms with Crippen LogP contribution in [-0.2, 0) is 0 Å². The lowest BCUT2D eigenvalue weighted by Crippen LogP contribution is -2.31. The van der Waals surface area contributed by atoms with E-state index in [0.717, 1.165) is 5.69 Å². The number of nitrogens with zero attached hydrogens (tertiary/aromatic N) is 1. The van der Waals surface area contributed by atoms with Gasteiger partial charge in [-0.1, -0.05) is 24.3 Å². The molecule has 92 valence electrons. The van der Waals surface area contributed by atoms with Crippen LogP contribution >= 0.6 is 0 Å². The Morgan fingerprint density at radius 2 is 1.83 bits per heavy atom. The van der Waals surface area contributed by atoms with E-state index in [9.17, 15) is 9.90 Å². The van der Waals surface area contributed by atoms with Gasteiger partial charge in [0.15, 0.2) is 0 Å². The Morgan fingerprint density at radius 1 is 1.11 bits per heavy atom. The Bertz CT molecular complexity index is 541. The van der Waals surface area contributed by atoms with E-state index in [1.807, 2.05) is 30.3 Å². The van der Waals surface area contributed by atoms with Gasteiger partial charge in [0.2, 0.25) is 0 Å². The highest BCUT2D eigenvalue weighted by molar-refractivity contribution is 6.01. The minimum Gasteiger partial charge on any atom is -0.508 e. The number of hydrogen-bond acceptors (Lipinski definition) is 2. The first-order valence-corrected chi connectivity index (χ1v) is 5.55. The minimum absolute atomic E-state index is 0.131. The second-order valence-corrected chi connectivity index (χ2v) is 3.88. The number of benzene rings is 2. The Labute approximate surface area is 105 Å². The van der Waals surface area contributed by atoms with Gasteiger partial charge in [0, 0.05) is 24.5 Å². The molecule has 4 nitrogen and oxygen atoms in total. The lowest BCUT2D eigenvalue weighted by Gasteiger charge is -2.18. The number of nitrogens with one attached hydrogen (secondary N) is 1. The van der Waals surface area contributed by atoms with Gasteiger partial charge in [-0.2, -0.15) is 0 Å². The molecule has 18 heavy (non-hydrogen) atoms. The third-order valence-electron chi connectivity index (χ3n) is 2.55. The van der Waals surface area contributed by atoms with Gasteiger partial charge < -0.3 is 10.4 Å². The number of anilines is 2. The number of rotatable bonds is 2. The SMILES string of the molecule is CN(C(=O)Nc1ccccc1)c1cccc(O)c1. The molecule has 0 atom stereocenters. The molecule has 0 aliphatic rings. The molecular formula is C14H14N2O2. The first-order chi connectivity index (χ1) is 8.66. The summed E-state index contributed by atoms with van der Waals surface area (Å²) < 4.78 is 0. The van der Waals surface area contributed by atoms with E-state index in [2.05, 4.69) is 5.32 Å². The van der Waals surface area contributed by atoms with E-state index in [4.69, 9.17) is 0 Å². The standard InChI is InChI=1S/C14H14N2O2/c1-16(12-8-5-9-13(17)10-12)14(18)15-11-6-3-2-4-7-11/h2-10,17H,1H3,(H,15,18). The van der Waals surface area contributed by atoms with Crippen molar-refractivity contribution in [3.05, 3.63) is 54.6 Å². The molecule has 0 unspecified atom stereocenters. The number of phenols is 1. The molecule has 2 amide bonds. The van der Waals surface area contributed by atoms with Crippen LogP contribution in [0.4, 0.5) is 16.2 Å². The zero-order valence-corrected chi connectivity index (χ0v) is 10.00. The smallest absolute Gasteiger partial charge is 0.326 e. The molecule has 0 heterocycles. The summed E-state index contributed by atoms with van der Waals surface area (Å²) in [6, 6.07) is 15.5. The van der Waals surface area contributed by atoms with Crippen LogP contribution in [0.15, 0.2) is 54.6 Å². The summed E-state index contributed by atoms with van der Waals surface area (Å²) in [6.07, 6.45) is 0. The number of hydrogen-bond donors (Lipinski definition) is 2. The number of amides is 2. The maximum atomic E-state index is 12.0. The van der Waals surface area contributed by atoms with Crippen molar-refractivity contribution in [1.82, 2.24) is 0 Å². The molecule has 0 aliphatic heterocycles. The Hall–Kier alpha value is -2.49. The van der Waals surface area contributed by atoms with Crippen LogP contribution in [-0.4, -0.2) is 18.2 Å². The molecule has 0 fully saturated rings. The lowest BCUT2D eigenvalue weighted by atomic mass is 10.3. The molecular weight excluding hydrogens is 228 g/mol. The summed E-state index contributed by atoms with van der Waals surface area (Å²) in [6.45, 7) is 0. The molecule has 0 aromatic heterocycles. The van der Waals surface area contributed by atoms with Crippen molar-refractivity contribution in [3.8, 4) is 5.75 Å². The predicted molar refractivity (Wildman–Crippen MR) is 72.0 cm³/mol. The summed E-state index contributed by atoms with van der Waals surface area (Å²) in [7, 11) is 1.65. The summed E-state index contributed by atoms with van der Waals surface area (Å²) in [5.41, 5.74) is 1.36. The average molecular weight is 242 g/mol. The van der Waals surface area contributed by atoms with Crippen LogP contribution in [0, 0.1) is 0 Å². The van der Waals surface area contributed by atoms with Crippen molar-refractivity contribution in [2.24, 2.45) is 0 Å². The van der Waals surface area contributed by atoms with Gasteiger partial charge in [-0.25, -0.2) is 4.79 Å². The van der Waals surface area contributed by atoms with Crippen molar-refractivity contribution in [3.63, 3.8) is 0 Å². The van der Waals surface area contributed by atoms with Crippen molar-refractivity contribution in [2.75, 3.05) is 17.3 Å². The fourth-order valence-electron chi connectivity index (χ4n) is 1.55. The van der Waals surface area contributed by atoms with Gasteiger partial charge in [-0.15, -0.1) is 0 Å². The average Bonchev–Trinajstić information content (AvgIpc) is 2.39. The highest BCUT2D eigenvalue weighted by atomic mass is 16.3. The van der Waals surface area contributed by atoms with Crippen LogP contribution in [0.25, 0.3) is 0 Å². The third kappa shape index (κ3) is 2.79. The molecule has 4 heteroatoms. The molecule has 0 saturated heterocycles. The fraction of sp³-hybridized carbons (Fsp3) is 0.0714. The summed E-state index contributed by atoms with van der Waals surface area (Å²) in [5.74, 6) is 0.131. The van der Waals surface area contributed by atoms with Gasteiger partial charge >= 0.3 is 6.03 Å². The normalized spacial score (nSPS) is 9.83. The van der Waals surface area contributed by atoms with Crippen LogP contribution in [0.1, 0.15) is 0 Å². The van der Waals surface area contributed by atoms with Crippen LogP contribution in [0.5, 0.6) is 5.75 Å². The van der Waals surface area contributed by atoms with Crippen LogP contribution in [0.3, 0.4) is 0 Å². The van der Waals surface area contributed by atoms with Gasteiger partial charge in [0.1, 0.15) is 5.75 Å². The molecule has 2 aromatic rings. The van der Waals surface area contributed by atoms with Gasteiger partial charge in [-0.3, -0.25) is 4.90 Å². The number of urea groups is 1. The quantitative estimate of drug-likeness (QED) is 0.850. The Morgan fingerprint density at radius 3 is 2.50 bits per heavy atom. The molecule has 0 bridgehead atoms.